The number of rotatable bonds is 4. The van der Waals surface area contributed by atoms with Crippen LogP contribution in [0.25, 0.3) is 10.2 Å². The number of hydrogen-bond acceptors (Lipinski definition) is 5. The van der Waals surface area contributed by atoms with Gasteiger partial charge in [0.15, 0.2) is 0 Å². The number of nitrogens with zero attached hydrogens (tertiary/aromatic N) is 2. The lowest BCUT2D eigenvalue weighted by Crippen LogP contribution is -2.31. The molecule has 2 unspecified atom stereocenters. The van der Waals surface area contributed by atoms with E-state index in [1.165, 1.54) is 25.7 Å². The van der Waals surface area contributed by atoms with Crippen LogP contribution >= 0.6 is 11.3 Å². The Hall–Kier alpha value is -1.20. The molecule has 2 atom stereocenters. The van der Waals surface area contributed by atoms with Gasteiger partial charge in [-0.25, -0.2) is 9.97 Å². The van der Waals surface area contributed by atoms with Crippen LogP contribution in [0, 0.1) is 11.8 Å². The lowest BCUT2D eigenvalue weighted by atomic mass is 9.79. The van der Waals surface area contributed by atoms with Gasteiger partial charge in [0.25, 0.3) is 0 Å². The lowest BCUT2D eigenvalue weighted by Gasteiger charge is -2.30. The summed E-state index contributed by atoms with van der Waals surface area (Å²) in [6.07, 6.45) is 6.87. The third-order valence-corrected chi connectivity index (χ3v) is 4.98. The molecule has 0 spiro atoms. The van der Waals surface area contributed by atoms with Crippen LogP contribution in [-0.4, -0.2) is 23.1 Å². The highest BCUT2D eigenvalue weighted by atomic mass is 32.1. The van der Waals surface area contributed by atoms with Crippen molar-refractivity contribution in [3.63, 3.8) is 0 Å². The molecule has 0 saturated heterocycles. The van der Waals surface area contributed by atoms with E-state index in [1.807, 2.05) is 0 Å². The molecule has 4 nitrogen and oxygen atoms in total. The molecule has 0 amide bonds. The predicted molar refractivity (Wildman–Crippen MR) is 80.4 cm³/mol. The first kappa shape index (κ1) is 12.8. The van der Waals surface area contributed by atoms with Crippen LogP contribution in [0.2, 0.25) is 0 Å². The number of thiophene rings is 1. The third-order valence-electron chi connectivity index (χ3n) is 4.16. The van der Waals surface area contributed by atoms with Crippen LogP contribution in [-0.2, 0) is 0 Å². The van der Waals surface area contributed by atoms with E-state index in [0.717, 1.165) is 29.1 Å². The molecular formula is C14H20N4S. The standard InChI is InChI=1S/C14H20N4S/c15-7-10-3-1-2-4-11(10)8-16-13-12-5-6-19-14(12)18-9-17-13/h5-6,9-11H,1-4,7-8,15H2,(H,16,17,18). The number of aromatic nitrogens is 2. The third kappa shape index (κ3) is 2.72. The van der Waals surface area contributed by atoms with Crippen LogP contribution in [0.5, 0.6) is 0 Å². The molecule has 0 radical (unpaired) electrons. The average Bonchev–Trinajstić information content (AvgIpc) is 2.94. The minimum atomic E-state index is 0.668. The quantitative estimate of drug-likeness (QED) is 0.901. The fraction of sp³-hybridized carbons (Fsp3) is 0.571. The second-order valence-corrected chi connectivity index (χ2v) is 6.18. The highest BCUT2D eigenvalue weighted by Crippen LogP contribution is 2.30. The summed E-state index contributed by atoms with van der Waals surface area (Å²) < 4.78 is 0. The molecule has 1 fully saturated rings. The molecule has 0 aromatic carbocycles. The molecule has 0 aliphatic heterocycles. The van der Waals surface area contributed by atoms with Gasteiger partial charge in [-0.3, -0.25) is 0 Å². The van der Waals surface area contributed by atoms with Crippen molar-refractivity contribution < 1.29 is 0 Å². The van der Waals surface area contributed by atoms with Crippen molar-refractivity contribution in [2.75, 3.05) is 18.4 Å². The van der Waals surface area contributed by atoms with Gasteiger partial charge in [-0.15, -0.1) is 11.3 Å². The first-order chi connectivity index (χ1) is 9.38. The number of nitrogens with one attached hydrogen (secondary N) is 1. The Labute approximate surface area is 117 Å². The fourth-order valence-electron chi connectivity index (χ4n) is 3.02. The summed E-state index contributed by atoms with van der Waals surface area (Å²) in [7, 11) is 0. The van der Waals surface area contributed by atoms with Crippen molar-refractivity contribution in [1.82, 2.24) is 9.97 Å². The topological polar surface area (TPSA) is 63.8 Å². The predicted octanol–water partition coefficient (Wildman–Crippen LogP) is 2.87. The summed E-state index contributed by atoms with van der Waals surface area (Å²) in [5.41, 5.74) is 5.88. The van der Waals surface area contributed by atoms with Crippen molar-refractivity contribution >= 4 is 27.4 Å². The molecule has 102 valence electrons. The van der Waals surface area contributed by atoms with Crippen LogP contribution in [0.3, 0.4) is 0 Å². The average molecular weight is 276 g/mol. The summed E-state index contributed by atoms with van der Waals surface area (Å²) in [4.78, 5) is 9.70. The largest absolute Gasteiger partial charge is 0.369 e. The van der Waals surface area contributed by atoms with Gasteiger partial charge < -0.3 is 11.1 Å². The molecule has 2 heterocycles. The van der Waals surface area contributed by atoms with Crippen molar-refractivity contribution in [3.8, 4) is 0 Å². The molecule has 3 rings (SSSR count). The Morgan fingerprint density at radius 1 is 1.26 bits per heavy atom. The molecule has 1 aliphatic carbocycles. The summed E-state index contributed by atoms with van der Waals surface area (Å²) in [5, 5.41) is 6.70. The molecule has 2 aromatic heterocycles. The minimum absolute atomic E-state index is 0.668. The van der Waals surface area contributed by atoms with Crippen LogP contribution in [0.4, 0.5) is 5.82 Å². The summed E-state index contributed by atoms with van der Waals surface area (Å²) in [6, 6.07) is 2.09. The Morgan fingerprint density at radius 2 is 2.11 bits per heavy atom. The van der Waals surface area contributed by atoms with Gasteiger partial charge in [0.2, 0.25) is 0 Å². The molecule has 2 aromatic rings. The number of fused-ring (bicyclic) bond motifs is 1. The molecule has 0 bridgehead atoms. The first-order valence-electron chi connectivity index (χ1n) is 7.00. The van der Waals surface area contributed by atoms with Crippen LogP contribution in [0.1, 0.15) is 25.7 Å². The van der Waals surface area contributed by atoms with E-state index in [2.05, 4.69) is 26.7 Å². The van der Waals surface area contributed by atoms with E-state index in [9.17, 15) is 0 Å². The van der Waals surface area contributed by atoms with E-state index >= 15 is 0 Å². The van der Waals surface area contributed by atoms with Crippen molar-refractivity contribution in [1.29, 1.82) is 0 Å². The Morgan fingerprint density at radius 3 is 2.95 bits per heavy atom. The molecule has 1 aliphatic rings. The number of hydrogen-bond donors (Lipinski definition) is 2. The van der Waals surface area contributed by atoms with E-state index in [0.29, 0.717) is 11.8 Å². The highest BCUT2D eigenvalue weighted by Gasteiger charge is 2.23. The molecule has 19 heavy (non-hydrogen) atoms. The maximum absolute atomic E-state index is 5.88. The Bertz CT molecular complexity index is 539. The van der Waals surface area contributed by atoms with Gasteiger partial charge >= 0.3 is 0 Å². The van der Waals surface area contributed by atoms with Crippen molar-refractivity contribution in [3.05, 3.63) is 17.8 Å². The molecule has 1 saturated carbocycles. The van der Waals surface area contributed by atoms with Gasteiger partial charge in [0.05, 0.1) is 5.39 Å². The van der Waals surface area contributed by atoms with Gasteiger partial charge in [0, 0.05) is 6.54 Å². The SMILES string of the molecule is NCC1CCCCC1CNc1ncnc2sccc12. The van der Waals surface area contributed by atoms with Crippen LogP contribution < -0.4 is 11.1 Å². The van der Waals surface area contributed by atoms with Gasteiger partial charge in [-0.2, -0.15) is 0 Å². The van der Waals surface area contributed by atoms with Crippen molar-refractivity contribution in [2.45, 2.75) is 25.7 Å². The van der Waals surface area contributed by atoms with Gasteiger partial charge in [-0.1, -0.05) is 12.8 Å². The van der Waals surface area contributed by atoms with E-state index in [-0.39, 0.29) is 0 Å². The minimum Gasteiger partial charge on any atom is -0.369 e. The highest BCUT2D eigenvalue weighted by molar-refractivity contribution is 7.16. The lowest BCUT2D eigenvalue weighted by molar-refractivity contribution is 0.255. The van der Waals surface area contributed by atoms with Crippen molar-refractivity contribution in [2.24, 2.45) is 17.6 Å². The Kier molecular flexibility index (Phi) is 3.94. The molecule has 5 heteroatoms. The second kappa shape index (κ2) is 5.84. The monoisotopic (exact) mass is 276 g/mol. The number of anilines is 1. The van der Waals surface area contributed by atoms with E-state index in [1.54, 1.807) is 17.7 Å². The zero-order valence-corrected chi connectivity index (χ0v) is 11.8. The smallest absolute Gasteiger partial charge is 0.138 e. The normalized spacial score (nSPS) is 23.6. The van der Waals surface area contributed by atoms with Gasteiger partial charge in [-0.05, 0) is 42.7 Å². The maximum Gasteiger partial charge on any atom is 0.138 e. The number of nitrogens with two attached hydrogens (primary N) is 1. The summed E-state index contributed by atoms with van der Waals surface area (Å²) >= 11 is 1.66. The summed E-state index contributed by atoms with van der Waals surface area (Å²) in [6.45, 7) is 1.79. The van der Waals surface area contributed by atoms with E-state index in [4.69, 9.17) is 5.73 Å². The zero-order valence-electron chi connectivity index (χ0n) is 11.0. The van der Waals surface area contributed by atoms with Crippen LogP contribution in [0.15, 0.2) is 17.8 Å². The zero-order chi connectivity index (χ0) is 13.1. The first-order valence-corrected chi connectivity index (χ1v) is 7.88. The van der Waals surface area contributed by atoms with Gasteiger partial charge in [0.1, 0.15) is 17.0 Å². The summed E-state index contributed by atoms with van der Waals surface area (Å²) in [5.74, 6) is 2.32. The Balaban J connectivity index is 1.69. The maximum atomic E-state index is 5.88. The van der Waals surface area contributed by atoms with E-state index < -0.39 is 0 Å². The second-order valence-electron chi connectivity index (χ2n) is 5.28. The fourth-order valence-corrected chi connectivity index (χ4v) is 3.75. The molecular weight excluding hydrogens is 256 g/mol. The molecule has 3 N–H and O–H groups in total.